The SMILES string of the molecule is CCC(=O)O[C@@H]1CC(=O)O[C@@H](C/C=C/c2ccc(Oc3ccc(C)nn3)cc2)CCCN(C)C[C@H](O)[C@H](C)C[C@H](CC=O)[C@H](O[C@@H]2OC(C)[C@@H](O[C@H]3CC(C)(OC(C)=O)[C@@H](OC(=O)CC)C(C)O3)C(N(C)C)C2O)[C@H]1OC. The van der Waals surface area contributed by atoms with E-state index in [1.807, 2.05) is 68.3 Å². The zero-order valence-electron chi connectivity index (χ0n) is 46.9. The van der Waals surface area contributed by atoms with E-state index < -0.39 is 127 Å². The molecule has 0 radical (unpaired) electrons. The zero-order valence-corrected chi connectivity index (χ0v) is 46.9. The number of cyclic esters (lactones) is 1. The number of carbonyl (C=O) groups excluding carboxylic acids is 5. The van der Waals surface area contributed by atoms with Crippen molar-refractivity contribution in [2.75, 3.05) is 41.3 Å². The molecule has 2 N–H and O–H groups in total. The van der Waals surface area contributed by atoms with E-state index in [2.05, 4.69) is 10.2 Å². The molecule has 21 nitrogen and oxygen atoms in total. The Kier molecular flexibility index (Phi) is 24.4. The second kappa shape index (κ2) is 29.8. The van der Waals surface area contributed by atoms with Gasteiger partial charge in [0.05, 0.1) is 42.6 Å². The van der Waals surface area contributed by atoms with Crippen LogP contribution in [0.15, 0.2) is 42.5 Å². The summed E-state index contributed by atoms with van der Waals surface area (Å²) in [6.07, 6.45) is -6.76. The van der Waals surface area contributed by atoms with Crippen LogP contribution in [0.1, 0.15) is 118 Å². The Morgan fingerprint density at radius 3 is 2.25 bits per heavy atom. The lowest BCUT2D eigenvalue weighted by Gasteiger charge is -2.50. The molecule has 0 saturated carbocycles. The normalized spacial score (nSPS) is 33.2. The van der Waals surface area contributed by atoms with E-state index >= 15 is 0 Å². The van der Waals surface area contributed by atoms with Crippen LogP contribution in [0.5, 0.6) is 11.6 Å². The van der Waals surface area contributed by atoms with E-state index in [0.29, 0.717) is 44.0 Å². The molecule has 3 saturated heterocycles. The molecule has 16 atom stereocenters. The second-order valence-electron chi connectivity index (χ2n) is 21.1. The average Bonchev–Trinajstić information content (AvgIpc) is 3.37. The van der Waals surface area contributed by atoms with Gasteiger partial charge in [-0.15, -0.1) is 5.10 Å². The molecule has 5 rings (SSSR count). The van der Waals surface area contributed by atoms with E-state index in [1.165, 1.54) is 14.0 Å². The fourth-order valence-corrected chi connectivity index (χ4v) is 10.4. The lowest BCUT2D eigenvalue weighted by molar-refractivity contribution is -0.344. The Morgan fingerprint density at radius 2 is 1.62 bits per heavy atom. The van der Waals surface area contributed by atoms with Crippen LogP contribution in [-0.4, -0.2) is 187 Å². The first-order chi connectivity index (χ1) is 36.6. The first-order valence-electron chi connectivity index (χ1n) is 26.9. The molecule has 430 valence electrons. The lowest BCUT2D eigenvalue weighted by Crippen LogP contribution is -2.66. The first-order valence-corrected chi connectivity index (χ1v) is 26.9. The minimum absolute atomic E-state index is 0.0300. The molecule has 1 aromatic heterocycles. The molecule has 2 aromatic rings. The molecule has 3 fully saturated rings. The summed E-state index contributed by atoms with van der Waals surface area (Å²) in [7, 11) is 6.78. The third-order valence-electron chi connectivity index (χ3n) is 14.4. The number of esters is 4. The van der Waals surface area contributed by atoms with Crippen molar-refractivity contribution in [2.24, 2.45) is 11.8 Å². The van der Waals surface area contributed by atoms with Crippen LogP contribution in [0.25, 0.3) is 6.08 Å². The van der Waals surface area contributed by atoms with E-state index in [4.69, 9.17) is 47.4 Å². The number of aldehydes is 1. The number of likely N-dealkylation sites (N-methyl/N-ethyl adjacent to an activating group) is 2. The first kappa shape index (κ1) is 62.9. The summed E-state index contributed by atoms with van der Waals surface area (Å²) in [5.74, 6) is -2.56. The Balaban J connectivity index is 1.43. The number of rotatable bonds is 18. The van der Waals surface area contributed by atoms with Gasteiger partial charge in [0.25, 0.3) is 0 Å². The lowest BCUT2D eigenvalue weighted by atomic mass is 9.82. The maximum atomic E-state index is 14.2. The number of ether oxygens (including phenoxy) is 10. The van der Waals surface area contributed by atoms with Crippen molar-refractivity contribution >= 4 is 36.2 Å². The summed E-state index contributed by atoms with van der Waals surface area (Å²) in [5.41, 5.74) is 0.316. The van der Waals surface area contributed by atoms with Crippen LogP contribution < -0.4 is 4.74 Å². The summed E-state index contributed by atoms with van der Waals surface area (Å²) < 4.78 is 62.0. The van der Waals surface area contributed by atoms with Crippen molar-refractivity contribution < 1.29 is 81.6 Å². The summed E-state index contributed by atoms with van der Waals surface area (Å²) in [5, 5.41) is 32.2. The van der Waals surface area contributed by atoms with Crippen LogP contribution >= 0.6 is 0 Å². The Labute approximate surface area is 453 Å². The van der Waals surface area contributed by atoms with Gasteiger partial charge in [-0.1, -0.05) is 45.1 Å². The van der Waals surface area contributed by atoms with E-state index in [9.17, 15) is 34.2 Å². The third kappa shape index (κ3) is 18.3. The molecular formula is C56H84N4O17. The molecule has 3 aliphatic heterocycles. The largest absolute Gasteiger partial charge is 0.462 e. The highest BCUT2D eigenvalue weighted by atomic mass is 16.7. The van der Waals surface area contributed by atoms with Crippen molar-refractivity contribution in [1.82, 2.24) is 20.0 Å². The monoisotopic (exact) mass is 1080 g/mol. The van der Waals surface area contributed by atoms with Gasteiger partial charge in [0, 0.05) is 58.7 Å². The number of hydrogen-bond donors (Lipinski definition) is 2. The molecule has 5 unspecified atom stereocenters. The fraction of sp³-hybridized carbons (Fsp3) is 0.696. The smallest absolute Gasteiger partial charge is 0.309 e. The maximum Gasteiger partial charge on any atom is 0.309 e. The summed E-state index contributed by atoms with van der Waals surface area (Å²) in [4.78, 5) is 68.8. The van der Waals surface area contributed by atoms with Gasteiger partial charge in [-0.3, -0.25) is 19.2 Å². The Bertz CT molecular complexity index is 2220. The summed E-state index contributed by atoms with van der Waals surface area (Å²) in [6.45, 7) is 14.2. The van der Waals surface area contributed by atoms with Gasteiger partial charge in [-0.25, -0.2) is 0 Å². The molecule has 77 heavy (non-hydrogen) atoms. The van der Waals surface area contributed by atoms with Crippen molar-refractivity contribution in [3.8, 4) is 11.6 Å². The molecule has 0 spiro atoms. The number of aryl methyl sites for hydroxylation is 1. The van der Waals surface area contributed by atoms with Crippen molar-refractivity contribution in [3.05, 3.63) is 53.7 Å². The highest BCUT2D eigenvalue weighted by molar-refractivity contribution is 5.73. The molecule has 3 aliphatic rings. The van der Waals surface area contributed by atoms with E-state index in [-0.39, 0.29) is 32.1 Å². The number of aliphatic hydroxyl groups is 2. The number of aliphatic hydroxyl groups excluding tert-OH is 2. The van der Waals surface area contributed by atoms with Gasteiger partial charge >= 0.3 is 23.9 Å². The molecule has 4 heterocycles. The molecule has 21 heteroatoms. The summed E-state index contributed by atoms with van der Waals surface area (Å²) >= 11 is 0. The number of aromatic nitrogens is 2. The van der Waals surface area contributed by atoms with Crippen LogP contribution in [0.3, 0.4) is 0 Å². The van der Waals surface area contributed by atoms with E-state index in [0.717, 1.165) is 17.5 Å². The van der Waals surface area contributed by atoms with Crippen molar-refractivity contribution in [2.45, 2.75) is 198 Å². The molecule has 0 amide bonds. The van der Waals surface area contributed by atoms with Crippen LogP contribution in [0.2, 0.25) is 0 Å². The quantitative estimate of drug-likeness (QED) is 0.106. The highest BCUT2D eigenvalue weighted by Crippen LogP contribution is 2.39. The number of carbonyl (C=O) groups is 5. The number of nitrogens with zero attached hydrogens (tertiary/aromatic N) is 4. The number of benzene rings is 1. The predicted molar refractivity (Wildman–Crippen MR) is 280 cm³/mol. The number of β-amino-alcohol motifs (C(OH)–C–C–N with tert-alkyl or cyclic N) is 1. The number of hydrogen-bond acceptors (Lipinski definition) is 21. The van der Waals surface area contributed by atoms with Crippen LogP contribution in [-0.2, 0) is 66.6 Å². The highest BCUT2D eigenvalue weighted by Gasteiger charge is 2.54. The predicted octanol–water partition coefficient (Wildman–Crippen LogP) is 5.52. The van der Waals surface area contributed by atoms with Gasteiger partial charge in [-0.2, -0.15) is 5.10 Å². The fourth-order valence-electron chi connectivity index (χ4n) is 10.4. The number of methoxy groups -OCH3 is 1. The molecule has 1 aromatic carbocycles. The van der Waals surface area contributed by atoms with Crippen LogP contribution in [0.4, 0.5) is 0 Å². The van der Waals surface area contributed by atoms with Gasteiger partial charge in [0.15, 0.2) is 24.3 Å². The molecule has 0 bridgehead atoms. The van der Waals surface area contributed by atoms with E-state index in [1.54, 1.807) is 59.7 Å². The zero-order chi connectivity index (χ0) is 56.6. The summed E-state index contributed by atoms with van der Waals surface area (Å²) in [6, 6.07) is 10.1. The van der Waals surface area contributed by atoms with Gasteiger partial charge in [0.1, 0.15) is 42.6 Å². The maximum absolute atomic E-state index is 14.2. The second-order valence-corrected chi connectivity index (χ2v) is 21.1. The standard InChI is InChI=1S/C56H84N4O17/c1-13-45(64)73-43-30-47(66)72-40(18-15-17-38-21-23-41(24-22-38)71-44-25-20-34(4)57-58-44)19-16-27-60(11)32-42(63)33(3)29-39(26-28-61)52(53(43)68-12)76-55-50(67)49(59(9)10)51(35(5)70-55)75-48-31-56(8,77-37(7)62)54(36(6)69-48)74-46(65)14-2/h15,17,20-25,28,33,35-36,39-40,42-43,48-55,63,67H,13-14,16,18-19,26-27,29-32H2,1-12H3/b17-15+/t33-,35?,36?,39+,40+,42+,43-,48+,49?,50?,51-,52+,53+,54+,55+,56?/m1/s1. The third-order valence-corrected chi connectivity index (χ3v) is 14.4. The van der Waals surface area contributed by atoms with Gasteiger partial charge < -0.3 is 72.2 Å². The minimum atomic E-state index is -1.45. The van der Waals surface area contributed by atoms with Gasteiger partial charge in [-0.05, 0) is 110 Å². The molecular weight excluding hydrogens is 1000 g/mol. The Morgan fingerprint density at radius 1 is 0.922 bits per heavy atom. The molecule has 0 aliphatic carbocycles. The Hall–Kier alpha value is -4.97. The van der Waals surface area contributed by atoms with Gasteiger partial charge in [0.2, 0.25) is 5.88 Å². The average molecular weight is 1090 g/mol. The minimum Gasteiger partial charge on any atom is -0.462 e. The van der Waals surface area contributed by atoms with Crippen molar-refractivity contribution in [3.63, 3.8) is 0 Å². The topological polar surface area (TPSA) is 250 Å². The van der Waals surface area contributed by atoms with Crippen LogP contribution in [0, 0.1) is 18.8 Å². The van der Waals surface area contributed by atoms with Crippen molar-refractivity contribution in [1.29, 1.82) is 0 Å².